The predicted molar refractivity (Wildman–Crippen MR) is 137 cm³/mol. The fraction of sp³-hybridized carbons (Fsp3) is 0.179. The third-order valence-electron chi connectivity index (χ3n) is 6.60. The maximum Gasteiger partial charge on any atom is 0.271 e. The summed E-state index contributed by atoms with van der Waals surface area (Å²) in [5.74, 6) is 1.30. The lowest BCUT2D eigenvalue weighted by Gasteiger charge is -2.31. The van der Waals surface area contributed by atoms with Gasteiger partial charge in [-0.2, -0.15) is 0 Å². The van der Waals surface area contributed by atoms with Crippen LogP contribution in [0.15, 0.2) is 82.4 Å². The van der Waals surface area contributed by atoms with E-state index in [0.29, 0.717) is 20.8 Å². The fourth-order valence-electron chi connectivity index (χ4n) is 4.96. The second kappa shape index (κ2) is 8.67. The van der Waals surface area contributed by atoms with Crippen LogP contribution < -0.4 is 24.4 Å². The number of aromatic nitrogens is 2. The van der Waals surface area contributed by atoms with E-state index in [2.05, 4.69) is 29.2 Å². The largest absolute Gasteiger partial charge is 0.493 e. The number of rotatable bonds is 4. The number of benzene rings is 2. The molecule has 0 amide bonds. The Labute approximate surface area is 206 Å². The first-order valence-corrected chi connectivity index (χ1v) is 12.2. The molecule has 0 spiro atoms. The van der Waals surface area contributed by atoms with Crippen molar-refractivity contribution < 1.29 is 9.47 Å². The van der Waals surface area contributed by atoms with Gasteiger partial charge >= 0.3 is 0 Å². The van der Waals surface area contributed by atoms with Crippen LogP contribution in [0.1, 0.15) is 34.7 Å². The lowest BCUT2D eigenvalue weighted by atomic mass is 9.83. The van der Waals surface area contributed by atoms with Gasteiger partial charge in [0.15, 0.2) is 16.3 Å². The summed E-state index contributed by atoms with van der Waals surface area (Å²) in [4.78, 5) is 23.6. The molecule has 7 heteroatoms. The van der Waals surface area contributed by atoms with Gasteiger partial charge in [0.25, 0.3) is 5.56 Å². The molecule has 4 aromatic rings. The van der Waals surface area contributed by atoms with Crippen molar-refractivity contribution in [1.82, 2.24) is 9.55 Å². The minimum Gasteiger partial charge on any atom is -0.493 e. The summed E-state index contributed by atoms with van der Waals surface area (Å²) in [7, 11) is 3.25. The summed E-state index contributed by atoms with van der Waals surface area (Å²) < 4.78 is 13.6. The summed E-state index contributed by atoms with van der Waals surface area (Å²) >= 11 is 1.42. The highest BCUT2D eigenvalue weighted by molar-refractivity contribution is 7.07. The van der Waals surface area contributed by atoms with Crippen LogP contribution in [-0.4, -0.2) is 23.8 Å². The molecule has 174 valence electrons. The number of thiazole rings is 1. The molecule has 2 aliphatic rings. The third-order valence-corrected chi connectivity index (χ3v) is 7.58. The van der Waals surface area contributed by atoms with Crippen LogP contribution in [0, 0.1) is 0 Å². The Morgan fingerprint density at radius 3 is 2.60 bits per heavy atom. The van der Waals surface area contributed by atoms with Crippen molar-refractivity contribution in [2.75, 3.05) is 14.2 Å². The molecule has 1 atom stereocenters. The quantitative estimate of drug-likeness (QED) is 0.446. The maximum atomic E-state index is 13.8. The van der Waals surface area contributed by atoms with Gasteiger partial charge in [0, 0.05) is 18.0 Å². The highest BCUT2D eigenvalue weighted by Gasteiger charge is 2.33. The molecule has 3 heterocycles. The number of methoxy groups -OCH3 is 2. The number of hydrogen-bond acceptors (Lipinski definition) is 6. The van der Waals surface area contributed by atoms with Crippen molar-refractivity contribution in [1.29, 1.82) is 0 Å². The minimum atomic E-state index is -0.269. The van der Waals surface area contributed by atoms with Crippen LogP contribution in [0.5, 0.6) is 11.5 Å². The molecule has 0 N–H and O–H groups in total. The normalized spacial score (nSPS) is 16.7. The highest BCUT2D eigenvalue weighted by Crippen LogP contribution is 2.42. The van der Waals surface area contributed by atoms with E-state index in [1.807, 2.05) is 41.0 Å². The second-order valence-electron chi connectivity index (χ2n) is 8.51. The van der Waals surface area contributed by atoms with Crippen molar-refractivity contribution in [3.63, 3.8) is 0 Å². The highest BCUT2D eigenvalue weighted by atomic mass is 32.1. The van der Waals surface area contributed by atoms with Crippen molar-refractivity contribution in [2.45, 2.75) is 18.9 Å². The number of fused-ring (bicyclic) bond motifs is 3. The average Bonchev–Trinajstić information content (AvgIpc) is 3.21. The molecule has 6 nitrogen and oxygen atoms in total. The molecule has 0 radical (unpaired) electrons. The third kappa shape index (κ3) is 3.59. The summed E-state index contributed by atoms with van der Waals surface area (Å²) in [6, 6.07) is 17.8. The van der Waals surface area contributed by atoms with Gasteiger partial charge < -0.3 is 9.47 Å². The molecule has 0 saturated heterocycles. The van der Waals surface area contributed by atoms with Crippen LogP contribution in [0.25, 0.3) is 11.8 Å². The zero-order valence-corrected chi connectivity index (χ0v) is 20.2. The molecule has 2 aromatic heterocycles. The topological polar surface area (TPSA) is 65.7 Å². The zero-order valence-electron chi connectivity index (χ0n) is 19.4. The van der Waals surface area contributed by atoms with E-state index in [9.17, 15) is 4.79 Å². The predicted octanol–water partition coefficient (Wildman–Crippen LogP) is 3.73. The Hall–Kier alpha value is -3.97. The Balaban J connectivity index is 1.63. The summed E-state index contributed by atoms with van der Waals surface area (Å²) in [6.45, 7) is 0. The molecule has 2 aromatic carbocycles. The molecule has 6 rings (SSSR count). The first-order valence-electron chi connectivity index (χ1n) is 11.4. The van der Waals surface area contributed by atoms with E-state index in [-0.39, 0.29) is 11.6 Å². The lowest BCUT2D eigenvalue weighted by molar-refractivity contribution is 0.354. The van der Waals surface area contributed by atoms with E-state index in [4.69, 9.17) is 14.5 Å². The number of aryl methyl sites for hydroxylation is 1. The van der Waals surface area contributed by atoms with Gasteiger partial charge in [0.05, 0.1) is 30.5 Å². The number of nitrogens with zero attached hydrogens (tertiary/aromatic N) is 3. The monoisotopic (exact) mass is 481 g/mol. The number of pyridine rings is 1. The van der Waals surface area contributed by atoms with Gasteiger partial charge in [0.1, 0.15) is 0 Å². The summed E-state index contributed by atoms with van der Waals surface area (Å²) in [6.07, 6.45) is 7.11. The van der Waals surface area contributed by atoms with E-state index in [0.717, 1.165) is 40.8 Å². The van der Waals surface area contributed by atoms with Gasteiger partial charge in [-0.15, -0.1) is 0 Å². The van der Waals surface area contributed by atoms with Gasteiger partial charge in [-0.25, -0.2) is 4.99 Å². The van der Waals surface area contributed by atoms with Gasteiger partial charge in [0.2, 0.25) is 0 Å². The Kier molecular flexibility index (Phi) is 5.34. The van der Waals surface area contributed by atoms with Crippen molar-refractivity contribution in [2.24, 2.45) is 4.99 Å². The molecule has 1 unspecified atom stereocenters. The number of hydrogen-bond donors (Lipinski definition) is 0. The van der Waals surface area contributed by atoms with Crippen molar-refractivity contribution in [3.8, 4) is 11.5 Å². The minimum absolute atomic E-state index is 0.0456. The van der Waals surface area contributed by atoms with Crippen LogP contribution in [0.4, 0.5) is 0 Å². The summed E-state index contributed by atoms with van der Waals surface area (Å²) in [5.41, 5.74) is 6.42. The van der Waals surface area contributed by atoms with E-state index >= 15 is 0 Å². The Morgan fingerprint density at radius 1 is 1.00 bits per heavy atom. The molecule has 0 fully saturated rings. The fourth-order valence-corrected chi connectivity index (χ4v) is 5.96. The molecule has 1 aliphatic carbocycles. The first kappa shape index (κ1) is 21.6. The molecule has 35 heavy (non-hydrogen) atoms. The first-order chi connectivity index (χ1) is 17.2. The molecular weight excluding hydrogens is 458 g/mol. The van der Waals surface area contributed by atoms with Crippen LogP contribution >= 0.6 is 11.3 Å². The van der Waals surface area contributed by atoms with Crippen molar-refractivity contribution in [3.05, 3.63) is 115 Å². The Bertz CT molecular complexity index is 1650. The SMILES string of the molecule is COc1ccc(C2C3=C(N=c4sc(=Cc5ccncc5)c(=O)n42)c2ccccc2CC3)cc1OC. The molecular formula is C28H23N3O3S. The van der Waals surface area contributed by atoms with E-state index in [1.165, 1.54) is 16.9 Å². The van der Waals surface area contributed by atoms with Gasteiger partial charge in [-0.05, 0) is 65.4 Å². The molecule has 1 aliphatic heterocycles. The molecule has 0 saturated carbocycles. The average molecular weight is 482 g/mol. The standard InChI is InChI=1S/C28H23N3O3S/c1-33-22-10-8-19(16-23(22)34-2)26-21-9-7-18-5-3-4-6-20(18)25(21)30-28-31(26)27(32)24(35-28)15-17-11-13-29-14-12-17/h3-6,8,10-16,26H,7,9H2,1-2H3. The summed E-state index contributed by atoms with van der Waals surface area (Å²) in [5, 5.41) is 0. The maximum absolute atomic E-state index is 13.8. The van der Waals surface area contributed by atoms with E-state index < -0.39 is 0 Å². The lowest BCUT2D eigenvalue weighted by Crippen LogP contribution is -2.38. The van der Waals surface area contributed by atoms with Crippen LogP contribution in [-0.2, 0) is 6.42 Å². The van der Waals surface area contributed by atoms with Crippen LogP contribution in [0.3, 0.4) is 0 Å². The van der Waals surface area contributed by atoms with Gasteiger partial charge in [-0.1, -0.05) is 41.7 Å². The van der Waals surface area contributed by atoms with Crippen molar-refractivity contribution >= 4 is 23.1 Å². The van der Waals surface area contributed by atoms with Crippen LogP contribution in [0.2, 0.25) is 0 Å². The number of allylic oxidation sites excluding steroid dienone is 1. The van der Waals surface area contributed by atoms with E-state index in [1.54, 1.807) is 26.6 Å². The Morgan fingerprint density at radius 2 is 1.80 bits per heavy atom. The number of ether oxygens (including phenoxy) is 2. The smallest absolute Gasteiger partial charge is 0.271 e. The second-order valence-corrected chi connectivity index (χ2v) is 9.52. The molecule has 0 bridgehead atoms. The van der Waals surface area contributed by atoms with Gasteiger partial charge in [-0.3, -0.25) is 14.3 Å². The zero-order chi connectivity index (χ0) is 23.9.